The maximum absolute atomic E-state index is 12.9. The molecule has 0 fully saturated rings. The van der Waals surface area contributed by atoms with Crippen molar-refractivity contribution in [2.75, 3.05) is 25.5 Å². The van der Waals surface area contributed by atoms with E-state index in [9.17, 15) is 18.8 Å². The normalized spacial score (nSPS) is 10.4. The van der Waals surface area contributed by atoms with E-state index >= 15 is 0 Å². The van der Waals surface area contributed by atoms with Gasteiger partial charge in [0.15, 0.2) is 6.61 Å². The number of halogens is 1. The molecule has 3 rings (SSSR count). The molecular formula is C22H20FN3O5. The van der Waals surface area contributed by atoms with Crippen LogP contribution in [-0.2, 0) is 14.3 Å². The number of carbonyl (C=O) groups excluding carboxylic acids is 3. The van der Waals surface area contributed by atoms with Gasteiger partial charge in [-0.25, -0.2) is 9.18 Å². The van der Waals surface area contributed by atoms with Gasteiger partial charge < -0.3 is 19.5 Å². The molecule has 0 radical (unpaired) electrons. The summed E-state index contributed by atoms with van der Waals surface area (Å²) in [4.78, 5) is 38.0. The van der Waals surface area contributed by atoms with Crippen LogP contribution in [0.15, 0.2) is 59.1 Å². The number of nitrogens with one attached hydrogen (secondary N) is 1. The Labute approximate surface area is 177 Å². The first-order valence-electron chi connectivity index (χ1n) is 9.33. The molecule has 31 heavy (non-hydrogen) atoms. The third-order valence-electron chi connectivity index (χ3n) is 4.38. The van der Waals surface area contributed by atoms with Gasteiger partial charge in [0, 0.05) is 18.3 Å². The average Bonchev–Trinajstić information content (AvgIpc) is 3.15. The zero-order chi connectivity index (χ0) is 22.4. The average molecular weight is 425 g/mol. The van der Waals surface area contributed by atoms with E-state index in [0.29, 0.717) is 16.9 Å². The summed E-state index contributed by atoms with van der Waals surface area (Å²) >= 11 is 0. The fourth-order valence-electron chi connectivity index (χ4n) is 2.75. The lowest BCUT2D eigenvalue weighted by Gasteiger charge is -2.16. The number of benzene rings is 2. The van der Waals surface area contributed by atoms with Gasteiger partial charge in [0.1, 0.15) is 22.8 Å². The Kier molecular flexibility index (Phi) is 6.76. The number of aromatic nitrogens is 1. The van der Waals surface area contributed by atoms with Gasteiger partial charge in [0.25, 0.3) is 5.91 Å². The molecule has 0 aliphatic rings. The highest BCUT2D eigenvalue weighted by Gasteiger charge is 2.24. The summed E-state index contributed by atoms with van der Waals surface area (Å²) in [5, 5.41) is 6.45. The summed E-state index contributed by atoms with van der Waals surface area (Å²) in [7, 11) is 1.40. The van der Waals surface area contributed by atoms with E-state index in [1.54, 1.807) is 31.2 Å². The van der Waals surface area contributed by atoms with Crippen molar-refractivity contribution in [3.8, 4) is 11.3 Å². The molecule has 0 spiro atoms. The van der Waals surface area contributed by atoms with Crippen LogP contribution in [0.25, 0.3) is 11.3 Å². The van der Waals surface area contributed by atoms with Crippen LogP contribution in [0.5, 0.6) is 0 Å². The Morgan fingerprint density at radius 1 is 1.10 bits per heavy atom. The van der Waals surface area contributed by atoms with E-state index in [-0.39, 0.29) is 17.9 Å². The fraction of sp³-hybridized carbons (Fsp3) is 0.182. The van der Waals surface area contributed by atoms with Gasteiger partial charge in [-0.1, -0.05) is 35.5 Å². The maximum atomic E-state index is 12.9. The predicted molar refractivity (Wildman–Crippen MR) is 110 cm³/mol. The van der Waals surface area contributed by atoms with Crippen molar-refractivity contribution in [2.24, 2.45) is 0 Å². The van der Waals surface area contributed by atoms with Gasteiger partial charge in [-0.3, -0.25) is 9.59 Å². The molecule has 1 aromatic heterocycles. The van der Waals surface area contributed by atoms with Crippen LogP contribution in [0.4, 0.5) is 10.1 Å². The first-order valence-corrected chi connectivity index (χ1v) is 9.33. The molecule has 1 N–H and O–H groups in total. The maximum Gasteiger partial charge on any atom is 0.344 e. The molecule has 1 heterocycles. The van der Waals surface area contributed by atoms with Crippen LogP contribution in [0.1, 0.15) is 16.1 Å². The number of ether oxygens (including phenoxy) is 1. The molecule has 8 nitrogen and oxygen atoms in total. The molecule has 2 aromatic carbocycles. The third kappa shape index (κ3) is 5.53. The molecule has 9 heteroatoms. The Morgan fingerprint density at radius 3 is 2.45 bits per heavy atom. The van der Waals surface area contributed by atoms with Gasteiger partial charge in [0.2, 0.25) is 5.91 Å². The summed E-state index contributed by atoms with van der Waals surface area (Å²) in [6, 6.07) is 14.2. The minimum absolute atomic E-state index is 0.135. The first kappa shape index (κ1) is 21.7. The number of amides is 2. The predicted octanol–water partition coefficient (Wildman–Crippen LogP) is 3.04. The zero-order valence-electron chi connectivity index (χ0n) is 16.9. The minimum atomic E-state index is -0.755. The third-order valence-corrected chi connectivity index (χ3v) is 4.38. The van der Waals surface area contributed by atoms with Crippen molar-refractivity contribution in [3.05, 3.63) is 71.7 Å². The topological polar surface area (TPSA) is 102 Å². The van der Waals surface area contributed by atoms with Crippen LogP contribution in [0.2, 0.25) is 0 Å². The summed E-state index contributed by atoms with van der Waals surface area (Å²) in [6.07, 6.45) is 0. The number of nitrogens with zero attached hydrogens (tertiary/aromatic N) is 2. The van der Waals surface area contributed by atoms with Gasteiger partial charge in [-0.2, -0.15) is 0 Å². The number of anilines is 1. The van der Waals surface area contributed by atoms with Crippen molar-refractivity contribution in [3.63, 3.8) is 0 Å². The zero-order valence-corrected chi connectivity index (χ0v) is 16.9. The van der Waals surface area contributed by atoms with E-state index in [0.717, 1.165) is 4.90 Å². The lowest BCUT2D eigenvalue weighted by molar-refractivity contribution is -0.136. The minimum Gasteiger partial charge on any atom is -0.452 e. The second-order valence-corrected chi connectivity index (χ2v) is 6.71. The fourth-order valence-corrected chi connectivity index (χ4v) is 2.75. The molecule has 0 saturated heterocycles. The number of carbonyl (C=O) groups is 3. The lowest BCUT2D eigenvalue weighted by atomic mass is 10.1. The van der Waals surface area contributed by atoms with Crippen molar-refractivity contribution in [1.29, 1.82) is 0 Å². The Bertz CT molecular complexity index is 1080. The SMILES string of the molecule is Cc1onc(-c2ccccc2)c1C(=O)OCC(=O)N(C)CC(=O)Nc1ccc(F)cc1. The van der Waals surface area contributed by atoms with E-state index in [1.807, 2.05) is 6.07 Å². The quantitative estimate of drug-likeness (QED) is 0.584. The monoisotopic (exact) mass is 425 g/mol. The second-order valence-electron chi connectivity index (χ2n) is 6.71. The second kappa shape index (κ2) is 9.66. The van der Waals surface area contributed by atoms with Gasteiger partial charge >= 0.3 is 5.97 Å². The van der Waals surface area contributed by atoms with Crippen LogP contribution >= 0.6 is 0 Å². The highest BCUT2D eigenvalue weighted by molar-refractivity contribution is 5.98. The number of esters is 1. The molecule has 160 valence electrons. The standard InChI is InChI=1S/C22H20FN3O5/c1-14-20(21(25-31-14)15-6-4-3-5-7-15)22(29)30-13-19(28)26(2)12-18(27)24-17-10-8-16(23)9-11-17/h3-11H,12-13H2,1-2H3,(H,24,27). The van der Waals surface area contributed by atoms with E-state index in [4.69, 9.17) is 9.26 Å². The molecule has 0 saturated carbocycles. The van der Waals surface area contributed by atoms with Crippen LogP contribution in [0, 0.1) is 12.7 Å². The number of hydrogen-bond acceptors (Lipinski definition) is 6. The highest BCUT2D eigenvalue weighted by atomic mass is 19.1. The molecule has 0 aliphatic carbocycles. The molecule has 2 amide bonds. The smallest absolute Gasteiger partial charge is 0.344 e. The number of hydrogen-bond donors (Lipinski definition) is 1. The first-order chi connectivity index (χ1) is 14.8. The Morgan fingerprint density at radius 2 is 1.77 bits per heavy atom. The van der Waals surface area contributed by atoms with Crippen molar-refractivity contribution in [2.45, 2.75) is 6.92 Å². The van der Waals surface area contributed by atoms with Crippen molar-refractivity contribution < 1.29 is 28.0 Å². The summed E-state index contributed by atoms with van der Waals surface area (Å²) < 4.78 is 23.2. The Balaban J connectivity index is 1.55. The number of aryl methyl sites for hydroxylation is 1. The van der Waals surface area contributed by atoms with Crippen molar-refractivity contribution >= 4 is 23.5 Å². The summed E-state index contributed by atoms with van der Waals surface area (Å²) in [5.41, 5.74) is 1.53. The van der Waals surface area contributed by atoms with Gasteiger partial charge in [-0.15, -0.1) is 0 Å². The molecule has 0 aliphatic heterocycles. The van der Waals surface area contributed by atoms with Gasteiger partial charge in [-0.05, 0) is 31.2 Å². The van der Waals surface area contributed by atoms with Crippen LogP contribution in [-0.4, -0.2) is 48.0 Å². The molecule has 0 bridgehead atoms. The number of likely N-dealkylation sites (N-methyl/N-ethyl adjacent to an activating group) is 1. The summed E-state index contributed by atoms with van der Waals surface area (Å²) in [5.74, 6) is -1.96. The molecule has 0 unspecified atom stereocenters. The lowest BCUT2D eigenvalue weighted by Crippen LogP contribution is -2.37. The molecular weight excluding hydrogens is 405 g/mol. The number of rotatable bonds is 7. The molecule has 3 aromatic rings. The van der Waals surface area contributed by atoms with E-state index < -0.39 is 30.2 Å². The Hall–Kier alpha value is -4.01. The van der Waals surface area contributed by atoms with E-state index in [1.165, 1.54) is 31.3 Å². The largest absolute Gasteiger partial charge is 0.452 e. The summed E-state index contributed by atoms with van der Waals surface area (Å²) in [6.45, 7) is 0.747. The molecule has 0 atom stereocenters. The highest BCUT2D eigenvalue weighted by Crippen LogP contribution is 2.25. The van der Waals surface area contributed by atoms with Crippen LogP contribution in [0.3, 0.4) is 0 Å². The van der Waals surface area contributed by atoms with Crippen LogP contribution < -0.4 is 5.32 Å². The van der Waals surface area contributed by atoms with Gasteiger partial charge in [0.05, 0.1) is 6.54 Å². The van der Waals surface area contributed by atoms with Crippen molar-refractivity contribution in [1.82, 2.24) is 10.1 Å². The van der Waals surface area contributed by atoms with E-state index in [2.05, 4.69) is 10.5 Å².